The zero-order valence-corrected chi connectivity index (χ0v) is 7.89. The molecule has 1 atom stereocenters. The van der Waals surface area contributed by atoms with Crippen molar-refractivity contribution in [1.29, 1.82) is 0 Å². The zero-order valence-electron chi connectivity index (χ0n) is 7.89. The van der Waals surface area contributed by atoms with E-state index in [9.17, 15) is 9.59 Å². The molecule has 0 rings (SSSR count). The van der Waals surface area contributed by atoms with Gasteiger partial charge in [-0.05, 0) is 13.8 Å². The van der Waals surface area contributed by atoms with E-state index >= 15 is 0 Å². The number of hydrogen-bond acceptors (Lipinski definition) is 2. The van der Waals surface area contributed by atoms with Gasteiger partial charge in [0.25, 0.3) is 0 Å². The number of hydrogen-bond donors (Lipinski definition) is 1. The van der Waals surface area contributed by atoms with Crippen molar-refractivity contribution in [3.63, 3.8) is 0 Å². The van der Waals surface area contributed by atoms with Crippen LogP contribution in [-0.2, 0) is 9.59 Å². The van der Waals surface area contributed by atoms with Crippen LogP contribution in [0, 0.1) is 0 Å². The highest BCUT2D eigenvalue weighted by atomic mass is 16.2. The smallest absolute Gasteiger partial charge is 0.217 e. The molecule has 3 heteroatoms. The third-order valence-corrected chi connectivity index (χ3v) is 1.03. The summed E-state index contributed by atoms with van der Waals surface area (Å²) < 4.78 is 0. The van der Waals surface area contributed by atoms with Crippen LogP contribution in [0.25, 0.3) is 0 Å². The number of nitrogens with one attached hydrogen (secondary N) is 1. The molecule has 0 aliphatic carbocycles. The largest absolute Gasteiger partial charge is 0.347 e. The van der Waals surface area contributed by atoms with Crippen LogP contribution >= 0.6 is 0 Å². The number of rotatable bonds is 2. The van der Waals surface area contributed by atoms with Crippen LogP contribution in [-0.4, -0.2) is 17.7 Å². The van der Waals surface area contributed by atoms with Crippen molar-refractivity contribution in [3.8, 4) is 0 Å². The topological polar surface area (TPSA) is 46.2 Å². The monoisotopic (exact) mass is 159 g/mol. The first kappa shape index (κ1) is 12.8. The second kappa shape index (κ2) is 7.25. The summed E-state index contributed by atoms with van der Waals surface area (Å²) in [5.41, 5.74) is 0. The molecule has 11 heavy (non-hydrogen) atoms. The maximum atomic E-state index is 10.5. The molecule has 0 saturated heterocycles. The summed E-state index contributed by atoms with van der Waals surface area (Å²) in [7, 11) is 0. The van der Waals surface area contributed by atoms with E-state index in [2.05, 4.69) is 5.32 Å². The van der Waals surface area contributed by atoms with Crippen LogP contribution in [0.3, 0.4) is 0 Å². The fraction of sp³-hybridized carbons (Fsp3) is 0.750. The summed E-state index contributed by atoms with van der Waals surface area (Å²) >= 11 is 0. The Kier molecular flexibility index (Phi) is 8.43. The molecule has 0 aromatic heterocycles. The third kappa shape index (κ3) is 9.14. The predicted octanol–water partition coefficient (Wildman–Crippen LogP) is 1.13. The van der Waals surface area contributed by atoms with Gasteiger partial charge in [0.1, 0.15) is 0 Å². The van der Waals surface area contributed by atoms with Gasteiger partial charge in [-0.2, -0.15) is 0 Å². The minimum atomic E-state index is -0.345. The number of Topliss-reactive ketones (excluding diaryl/α,β-unsaturated/α-hetero) is 1. The molecule has 1 unspecified atom stereocenters. The van der Waals surface area contributed by atoms with Gasteiger partial charge in [0.05, 0.1) is 6.04 Å². The summed E-state index contributed by atoms with van der Waals surface area (Å²) in [6.45, 7) is 8.49. The molecule has 0 aromatic carbocycles. The molecule has 0 aliphatic rings. The molecule has 0 bridgehead atoms. The van der Waals surface area contributed by atoms with Crippen LogP contribution in [0.1, 0.15) is 34.6 Å². The van der Waals surface area contributed by atoms with Crippen LogP contribution < -0.4 is 5.32 Å². The summed E-state index contributed by atoms with van der Waals surface area (Å²) in [4.78, 5) is 20.8. The molecule has 0 saturated carbocycles. The Balaban J connectivity index is 0. The van der Waals surface area contributed by atoms with E-state index < -0.39 is 0 Å². The highest BCUT2D eigenvalue weighted by Crippen LogP contribution is 1.81. The fourth-order valence-electron chi connectivity index (χ4n) is 0.407. The van der Waals surface area contributed by atoms with E-state index in [-0.39, 0.29) is 17.7 Å². The Morgan fingerprint density at radius 2 is 1.55 bits per heavy atom. The summed E-state index contributed by atoms with van der Waals surface area (Å²) in [5.74, 6) is -0.192. The van der Waals surface area contributed by atoms with Gasteiger partial charge in [0.15, 0.2) is 5.78 Å². The highest BCUT2D eigenvalue weighted by molar-refractivity contribution is 5.86. The van der Waals surface area contributed by atoms with Crippen LogP contribution in [0.2, 0.25) is 0 Å². The number of carbonyl (C=O) groups is 2. The first-order valence-electron chi connectivity index (χ1n) is 3.81. The summed E-state index contributed by atoms with van der Waals surface area (Å²) in [6, 6.07) is -0.345. The van der Waals surface area contributed by atoms with Crippen molar-refractivity contribution in [3.05, 3.63) is 0 Å². The lowest BCUT2D eigenvalue weighted by Gasteiger charge is -2.06. The molecule has 66 valence electrons. The van der Waals surface area contributed by atoms with E-state index in [4.69, 9.17) is 0 Å². The Morgan fingerprint density at radius 3 is 1.64 bits per heavy atom. The lowest BCUT2D eigenvalue weighted by Crippen LogP contribution is -2.35. The minimum absolute atomic E-state index is 0.0230. The molecule has 0 heterocycles. The minimum Gasteiger partial charge on any atom is -0.347 e. The van der Waals surface area contributed by atoms with Gasteiger partial charge in [-0.1, -0.05) is 13.8 Å². The first-order chi connectivity index (χ1) is 5.04. The predicted molar refractivity (Wildman–Crippen MR) is 45.3 cm³/mol. The van der Waals surface area contributed by atoms with Crippen molar-refractivity contribution in [2.75, 3.05) is 0 Å². The van der Waals surface area contributed by atoms with Gasteiger partial charge in [0.2, 0.25) is 5.91 Å². The second-order valence-electron chi connectivity index (χ2n) is 2.03. The number of ketones is 1. The molecular weight excluding hydrogens is 142 g/mol. The molecule has 0 fully saturated rings. The molecule has 0 aliphatic heterocycles. The van der Waals surface area contributed by atoms with Gasteiger partial charge in [-0.15, -0.1) is 0 Å². The fourth-order valence-corrected chi connectivity index (χ4v) is 0.407. The third-order valence-electron chi connectivity index (χ3n) is 1.03. The molecule has 0 spiro atoms. The maximum Gasteiger partial charge on any atom is 0.217 e. The Labute approximate surface area is 68.2 Å². The average Bonchev–Trinajstić information content (AvgIpc) is 1.90. The van der Waals surface area contributed by atoms with Gasteiger partial charge >= 0.3 is 0 Å². The van der Waals surface area contributed by atoms with Crippen molar-refractivity contribution >= 4 is 11.7 Å². The van der Waals surface area contributed by atoms with Gasteiger partial charge < -0.3 is 5.32 Å². The van der Waals surface area contributed by atoms with Crippen LogP contribution in [0.5, 0.6) is 0 Å². The Morgan fingerprint density at radius 1 is 1.18 bits per heavy atom. The SMILES string of the molecule is CC.CC(=O)NC(C)C(C)=O. The Bertz CT molecular complexity index is 132. The van der Waals surface area contributed by atoms with Gasteiger partial charge in [0, 0.05) is 6.92 Å². The lowest BCUT2D eigenvalue weighted by atomic mass is 10.2. The zero-order chi connectivity index (χ0) is 9.44. The first-order valence-corrected chi connectivity index (χ1v) is 3.81. The van der Waals surface area contributed by atoms with Crippen LogP contribution in [0.15, 0.2) is 0 Å². The molecule has 1 amide bonds. The molecular formula is C8H17NO2. The second-order valence-corrected chi connectivity index (χ2v) is 2.03. The number of amides is 1. The molecule has 0 aromatic rings. The van der Waals surface area contributed by atoms with E-state index in [1.165, 1.54) is 13.8 Å². The summed E-state index contributed by atoms with van der Waals surface area (Å²) in [5, 5.41) is 2.45. The summed E-state index contributed by atoms with van der Waals surface area (Å²) in [6.07, 6.45) is 0. The van der Waals surface area contributed by atoms with E-state index in [0.29, 0.717) is 0 Å². The van der Waals surface area contributed by atoms with Crippen molar-refractivity contribution in [2.45, 2.75) is 40.7 Å². The van der Waals surface area contributed by atoms with Crippen molar-refractivity contribution in [1.82, 2.24) is 5.32 Å². The number of carbonyl (C=O) groups excluding carboxylic acids is 2. The van der Waals surface area contributed by atoms with Crippen LogP contribution in [0.4, 0.5) is 0 Å². The maximum absolute atomic E-state index is 10.5. The Hall–Kier alpha value is -0.860. The van der Waals surface area contributed by atoms with Gasteiger partial charge in [-0.3, -0.25) is 9.59 Å². The van der Waals surface area contributed by atoms with Gasteiger partial charge in [-0.25, -0.2) is 0 Å². The standard InChI is InChI=1S/C6H11NO2.C2H6/c1-4(5(2)8)7-6(3)9;1-2/h4H,1-3H3,(H,7,9);1-2H3. The molecule has 0 radical (unpaired) electrons. The normalized spacial score (nSPS) is 10.6. The molecule has 1 N–H and O–H groups in total. The van der Waals surface area contributed by atoms with E-state index in [1.807, 2.05) is 13.8 Å². The highest BCUT2D eigenvalue weighted by Gasteiger charge is 2.06. The van der Waals surface area contributed by atoms with Crippen molar-refractivity contribution < 1.29 is 9.59 Å². The average molecular weight is 159 g/mol. The quantitative estimate of drug-likeness (QED) is 0.656. The molecule has 3 nitrogen and oxygen atoms in total. The van der Waals surface area contributed by atoms with E-state index in [1.54, 1.807) is 6.92 Å². The van der Waals surface area contributed by atoms with Crippen molar-refractivity contribution in [2.24, 2.45) is 0 Å². The lowest BCUT2D eigenvalue weighted by molar-refractivity contribution is -0.125. The van der Waals surface area contributed by atoms with E-state index in [0.717, 1.165) is 0 Å².